The monoisotopic (exact) mass is 445 g/mol. The second kappa shape index (κ2) is 9.63. The maximum atomic E-state index is 12.1. The number of amides is 3. The van der Waals surface area contributed by atoms with Crippen molar-refractivity contribution in [1.82, 2.24) is 20.1 Å². The van der Waals surface area contributed by atoms with Gasteiger partial charge < -0.3 is 19.4 Å². The molecule has 2 N–H and O–H groups in total. The smallest absolute Gasteiger partial charge is 0.325 e. The molecular weight excluding hydrogens is 426 g/mol. The molecule has 0 spiro atoms. The lowest BCUT2D eigenvalue weighted by atomic mass is 10.2. The Hall–Kier alpha value is -3.05. The number of anilines is 1. The zero-order valence-electron chi connectivity index (χ0n) is 15.9. The van der Waals surface area contributed by atoms with Crippen molar-refractivity contribution in [1.29, 1.82) is 0 Å². The summed E-state index contributed by atoms with van der Waals surface area (Å²) >= 11 is 2.93. The first-order valence-electron chi connectivity index (χ1n) is 9.21. The summed E-state index contributed by atoms with van der Waals surface area (Å²) in [6, 6.07) is 8.53. The van der Waals surface area contributed by atoms with Gasteiger partial charge in [0.05, 0.1) is 5.75 Å². The third-order valence-electron chi connectivity index (χ3n) is 4.14. The van der Waals surface area contributed by atoms with E-state index in [0.717, 1.165) is 13.0 Å². The van der Waals surface area contributed by atoms with Crippen LogP contribution in [0, 0.1) is 0 Å². The van der Waals surface area contributed by atoms with Gasteiger partial charge in [0.15, 0.2) is 16.7 Å². The van der Waals surface area contributed by atoms with Crippen LogP contribution in [-0.4, -0.2) is 45.7 Å². The quantitative estimate of drug-likeness (QED) is 0.539. The number of thioether (sulfide) groups is 1. The minimum atomic E-state index is -0.614. The normalized spacial score (nSPS) is 12.4. The molecule has 1 aliphatic rings. The van der Waals surface area contributed by atoms with Crippen molar-refractivity contribution < 1.29 is 19.1 Å². The number of hydrogen-bond acceptors (Lipinski definition) is 8. The third kappa shape index (κ3) is 5.30. The van der Waals surface area contributed by atoms with E-state index in [-0.39, 0.29) is 5.75 Å². The Morgan fingerprint density at radius 2 is 2.07 bits per heavy atom. The number of carbonyl (C=O) groups is 2. The molecule has 156 valence electrons. The maximum Gasteiger partial charge on any atom is 0.325 e. The molecule has 9 nitrogen and oxygen atoms in total. The highest BCUT2D eigenvalue weighted by Gasteiger charge is 2.15. The molecule has 3 amide bonds. The Bertz CT molecular complexity index is 1020. The number of imide groups is 1. The minimum Gasteiger partial charge on any atom is -0.486 e. The number of aryl methyl sites for hydroxylation is 2. The van der Waals surface area contributed by atoms with Crippen LogP contribution >= 0.6 is 23.1 Å². The van der Waals surface area contributed by atoms with Crippen LogP contribution in [0.25, 0.3) is 0 Å². The first-order valence-corrected chi connectivity index (χ1v) is 11.1. The summed E-state index contributed by atoms with van der Waals surface area (Å²) < 4.78 is 12.8. The van der Waals surface area contributed by atoms with E-state index in [1.165, 1.54) is 16.6 Å². The number of nitrogens with one attached hydrogen (secondary N) is 2. The van der Waals surface area contributed by atoms with Crippen LogP contribution < -0.4 is 20.1 Å². The summed E-state index contributed by atoms with van der Waals surface area (Å²) in [5, 5.41) is 15.6. The molecule has 1 aromatic carbocycles. The van der Waals surface area contributed by atoms with Crippen molar-refractivity contribution in [2.75, 3.05) is 24.3 Å². The van der Waals surface area contributed by atoms with Crippen molar-refractivity contribution in [3.05, 3.63) is 46.9 Å². The number of fused-ring (bicyclic) bond motifs is 1. The van der Waals surface area contributed by atoms with Crippen molar-refractivity contribution in [3.63, 3.8) is 0 Å². The number of carbonyl (C=O) groups excluding carboxylic acids is 2. The standard InChI is InChI=1S/C19H19N5O4S2/c25-17(11-30-19-23-20-12-24(19)6-5-14-2-1-9-29-14)22-18(26)21-13-3-4-15-16(10-13)28-8-7-27-15/h1-4,9-10,12H,5-8,11H2,(H2,21,22,25,26). The zero-order valence-corrected chi connectivity index (χ0v) is 17.5. The molecule has 0 saturated heterocycles. The SMILES string of the molecule is O=C(CSc1nncn1CCc1cccs1)NC(=O)Nc1ccc2c(c1)OCCO2. The van der Waals surface area contributed by atoms with E-state index >= 15 is 0 Å². The van der Waals surface area contributed by atoms with Gasteiger partial charge >= 0.3 is 6.03 Å². The van der Waals surface area contributed by atoms with Crippen molar-refractivity contribution >= 4 is 40.7 Å². The summed E-state index contributed by atoms with van der Waals surface area (Å²) in [6.07, 6.45) is 2.51. The van der Waals surface area contributed by atoms with Crippen LogP contribution in [0.15, 0.2) is 47.2 Å². The van der Waals surface area contributed by atoms with Gasteiger partial charge in [-0.2, -0.15) is 0 Å². The Kier molecular flexibility index (Phi) is 6.50. The number of rotatable bonds is 7. The summed E-state index contributed by atoms with van der Waals surface area (Å²) in [5.74, 6) is 0.806. The van der Waals surface area contributed by atoms with Crippen molar-refractivity contribution in [2.45, 2.75) is 18.1 Å². The summed E-state index contributed by atoms with van der Waals surface area (Å²) in [7, 11) is 0. The van der Waals surface area contributed by atoms with E-state index < -0.39 is 11.9 Å². The van der Waals surface area contributed by atoms with Crippen LogP contribution in [0.4, 0.5) is 10.5 Å². The fraction of sp³-hybridized carbons (Fsp3) is 0.263. The first kappa shape index (κ1) is 20.2. The highest BCUT2D eigenvalue weighted by molar-refractivity contribution is 7.99. The van der Waals surface area contributed by atoms with Crippen molar-refractivity contribution in [3.8, 4) is 11.5 Å². The van der Waals surface area contributed by atoms with E-state index in [1.54, 1.807) is 35.9 Å². The van der Waals surface area contributed by atoms with E-state index in [1.807, 2.05) is 16.0 Å². The van der Waals surface area contributed by atoms with Gasteiger partial charge in [0.2, 0.25) is 5.91 Å². The molecule has 11 heteroatoms. The second-order valence-corrected chi connectivity index (χ2v) is 8.26. The number of benzene rings is 1. The molecule has 30 heavy (non-hydrogen) atoms. The van der Waals surface area contributed by atoms with Gasteiger partial charge in [-0.3, -0.25) is 10.1 Å². The van der Waals surface area contributed by atoms with Gasteiger partial charge in [-0.05, 0) is 30.0 Å². The van der Waals surface area contributed by atoms with E-state index in [4.69, 9.17) is 9.47 Å². The molecule has 0 bridgehead atoms. The highest BCUT2D eigenvalue weighted by atomic mass is 32.2. The van der Waals surface area contributed by atoms with E-state index in [9.17, 15) is 9.59 Å². The zero-order chi connectivity index (χ0) is 20.8. The number of urea groups is 1. The molecule has 0 atom stereocenters. The fourth-order valence-corrected chi connectivity index (χ4v) is 4.21. The third-order valence-corrected chi connectivity index (χ3v) is 6.06. The van der Waals surface area contributed by atoms with Gasteiger partial charge in [-0.25, -0.2) is 4.79 Å². The van der Waals surface area contributed by atoms with Gasteiger partial charge in [0.25, 0.3) is 0 Å². The number of aromatic nitrogens is 3. The van der Waals surface area contributed by atoms with Gasteiger partial charge in [-0.15, -0.1) is 21.5 Å². The van der Waals surface area contributed by atoms with Crippen LogP contribution in [0.3, 0.4) is 0 Å². The molecule has 0 radical (unpaired) electrons. The molecular formula is C19H19N5O4S2. The summed E-state index contributed by atoms with van der Waals surface area (Å²) in [6.45, 7) is 1.67. The van der Waals surface area contributed by atoms with E-state index in [2.05, 4.69) is 26.9 Å². The Morgan fingerprint density at radius 1 is 1.20 bits per heavy atom. The molecule has 0 aliphatic carbocycles. The average molecular weight is 446 g/mol. The predicted octanol–water partition coefficient (Wildman–Crippen LogP) is 2.79. The van der Waals surface area contributed by atoms with Crippen LogP contribution in [0.5, 0.6) is 11.5 Å². The molecule has 4 rings (SSSR count). The number of thiophene rings is 1. The molecule has 2 aromatic heterocycles. The lowest BCUT2D eigenvalue weighted by Crippen LogP contribution is -2.35. The van der Waals surface area contributed by atoms with Crippen LogP contribution in [-0.2, 0) is 17.8 Å². The molecule has 3 heterocycles. The van der Waals surface area contributed by atoms with Crippen molar-refractivity contribution in [2.24, 2.45) is 0 Å². The van der Waals surface area contributed by atoms with E-state index in [0.29, 0.717) is 35.6 Å². The lowest BCUT2D eigenvalue weighted by Gasteiger charge is -2.19. The number of nitrogens with zero attached hydrogens (tertiary/aromatic N) is 3. The topological polar surface area (TPSA) is 107 Å². The Labute approximate surface area is 180 Å². The largest absolute Gasteiger partial charge is 0.486 e. The lowest BCUT2D eigenvalue weighted by molar-refractivity contribution is -0.117. The van der Waals surface area contributed by atoms with Crippen LogP contribution in [0.1, 0.15) is 4.88 Å². The molecule has 0 saturated carbocycles. The Morgan fingerprint density at radius 3 is 2.90 bits per heavy atom. The predicted molar refractivity (Wildman–Crippen MR) is 113 cm³/mol. The molecule has 0 unspecified atom stereocenters. The van der Waals surface area contributed by atoms with Gasteiger partial charge in [-0.1, -0.05) is 17.8 Å². The number of hydrogen-bond donors (Lipinski definition) is 2. The van der Waals surface area contributed by atoms with Gasteiger partial charge in [0.1, 0.15) is 19.5 Å². The molecule has 1 aliphatic heterocycles. The second-order valence-electron chi connectivity index (χ2n) is 6.29. The maximum absolute atomic E-state index is 12.1. The minimum absolute atomic E-state index is 0.0479. The summed E-state index contributed by atoms with van der Waals surface area (Å²) in [5.41, 5.74) is 0.505. The molecule has 0 fully saturated rings. The first-order chi connectivity index (χ1) is 14.7. The fourth-order valence-electron chi connectivity index (χ4n) is 2.77. The van der Waals surface area contributed by atoms with Crippen LogP contribution in [0.2, 0.25) is 0 Å². The highest BCUT2D eigenvalue weighted by Crippen LogP contribution is 2.32. The van der Waals surface area contributed by atoms with Gasteiger partial charge in [0, 0.05) is 23.2 Å². The molecule has 3 aromatic rings. The number of ether oxygens (including phenoxy) is 2. The summed E-state index contributed by atoms with van der Waals surface area (Å²) in [4.78, 5) is 25.5. The Balaban J connectivity index is 1.24. The average Bonchev–Trinajstić information content (AvgIpc) is 3.42.